The number of esters is 1. The number of alkyl halides is 3. The minimum absolute atomic E-state index is 0.216. The molecule has 0 spiro atoms. The van der Waals surface area contributed by atoms with Gasteiger partial charge in [0, 0.05) is 9.86 Å². The van der Waals surface area contributed by atoms with Crippen LogP contribution in [0.1, 0.15) is 16.6 Å². The molecule has 2 heterocycles. The van der Waals surface area contributed by atoms with E-state index in [1.807, 2.05) is 0 Å². The lowest BCUT2D eigenvalue weighted by atomic mass is 10.2. The van der Waals surface area contributed by atoms with Crippen LogP contribution in [0.5, 0.6) is 0 Å². The maximum absolute atomic E-state index is 13.1. The van der Waals surface area contributed by atoms with Crippen LogP contribution in [-0.2, 0) is 11.3 Å². The summed E-state index contributed by atoms with van der Waals surface area (Å²) < 4.78 is 45.9. The minimum Gasteiger partial charge on any atom is -0.462 e. The number of fused-ring (bicyclic) bond motifs is 1. The number of benzene rings is 1. The zero-order chi connectivity index (χ0) is 18.2. The van der Waals surface area contributed by atoms with Crippen molar-refractivity contribution in [2.45, 2.75) is 19.6 Å². The third-order valence-corrected chi connectivity index (χ3v) is 5.12. The van der Waals surface area contributed by atoms with Crippen LogP contribution in [0.3, 0.4) is 0 Å². The van der Waals surface area contributed by atoms with Crippen LogP contribution in [-0.4, -0.2) is 28.3 Å². The third kappa shape index (κ3) is 3.72. The molecule has 4 nitrogen and oxygen atoms in total. The van der Waals surface area contributed by atoms with Gasteiger partial charge in [-0.3, -0.25) is 0 Å². The first kappa shape index (κ1) is 17.9. The predicted octanol–water partition coefficient (Wildman–Crippen LogP) is 5.27. The highest BCUT2D eigenvalue weighted by atomic mass is 79.9. The van der Waals surface area contributed by atoms with E-state index in [2.05, 4.69) is 20.9 Å². The first-order valence-electron chi connectivity index (χ1n) is 7.28. The van der Waals surface area contributed by atoms with Crippen molar-refractivity contribution in [1.82, 2.24) is 9.55 Å². The van der Waals surface area contributed by atoms with E-state index >= 15 is 0 Å². The third-order valence-electron chi connectivity index (χ3n) is 3.43. The number of thiazole rings is 1. The Morgan fingerprint density at radius 3 is 2.84 bits per heavy atom. The molecule has 0 atom stereocenters. The number of ether oxygens (including phenoxy) is 1. The number of hydrogen-bond donors (Lipinski definition) is 0. The maximum atomic E-state index is 13.1. The Kier molecular flexibility index (Phi) is 4.88. The van der Waals surface area contributed by atoms with Crippen molar-refractivity contribution in [3.8, 4) is 10.7 Å². The Labute approximate surface area is 153 Å². The van der Waals surface area contributed by atoms with Crippen molar-refractivity contribution in [3.05, 3.63) is 39.8 Å². The highest BCUT2D eigenvalue weighted by molar-refractivity contribution is 9.10. The van der Waals surface area contributed by atoms with Crippen molar-refractivity contribution in [1.29, 1.82) is 0 Å². The number of aromatic nitrogens is 2. The molecular formula is C16H12BrF3N2O2S. The average molecular weight is 433 g/mol. The van der Waals surface area contributed by atoms with Gasteiger partial charge in [-0.25, -0.2) is 9.78 Å². The predicted molar refractivity (Wildman–Crippen MR) is 92.8 cm³/mol. The SMILES string of the molecule is CCOC(=O)c1cnc(-c2cc3c(Br)cccc3n2CC(F)(F)F)s1. The molecule has 0 aliphatic carbocycles. The van der Waals surface area contributed by atoms with Gasteiger partial charge in [-0.1, -0.05) is 22.0 Å². The van der Waals surface area contributed by atoms with Gasteiger partial charge in [-0.2, -0.15) is 13.2 Å². The van der Waals surface area contributed by atoms with E-state index in [0.29, 0.717) is 26.1 Å². The average Bonchev–Trinajstić information content (AvgIpc) is 3.12. The molecule has 132 valence electrons. The van der Waals surface area contributed by atoms with Gasteiger partial charge in [-0.15, -0.1) is 11.3 Å². The fourth-order valence-corrected chi connectivity index (χ4v) is 3.77. The Balaban J connectivity index is 2.13. The summed E-state index contributed by atoms with van der Waals surface area (Å²) in [6.07, 6.45) is -3.06. The number of hydrogen-bond acceptors (Lipinski definition) is 4. The second kappa shape index (κ2) is 6.80. The normalized spacial score (nSPS) is 11.9. The topological polar surface area (TPSA) is 44.1 Å². The monoisotopic (exact) mass is 432 g/mol. The van der Waals surface area contributed by atoms with Crippen molar-refractivity contribution in [2.24, 2.45) is 0 Å². The van der Waals surface area contributed by atoms with E-state index < -0.39 is 18.7 Å². The molecule has 0 aliphatic rings. The van der Waals surface area contributed by atoms with Gasteiger partial charge in [0.15, 0.2) is 0 Å². The van der Waals surface area contributed by atoms with Gasteiger partial charge >= 0.3 is 12.1 Å². The lowest BCUT2D eigenvalue weighted by Gasteiger charge is -2.12. The summed E-state index contributed by atoms with van der Waals surface area (Å²) in [7, 11) is 0. The molecule has 0 saturated carbocycles. The Hall–Kier alpha value is -1.87. The molecule has 0 aliphatic heterocycles. The molecule has 0 fully saturated rings. The number of carbonyl (C=O) groups excluding carboxylic acids is 1. The molecule has 0 N–H and O–H groups in total. The summed E-state index contributed by atoms with van der Waals surface area (Å²) in [5.74, 6) is -0.536. The van der Waals surface area contributed by atoms with Crippen LogP contribution in [0.2, 0.25) is 0 Å². The fraction of sp³-hybridized carbons (Fsp3) is 0.250. The van der Waals surface area contributed by atoms with Crippen molar-refractivity contribution in [3.63, 3.8) is 0 Å². The summed E-state index contributed by atoms with van der Waals surface area (Å²) in [5.41, 5.74) is 0.745. The highest BCUT2D eigenvalue weighted by Crippen LogP contribution is 2.36. The molecule has 0 saturated heterocycles. The second-order valence-corrected chi connectivity index (χ2v) is 7.04. The molecule has 25 heavy (non-hydrogen) atoms. The van der Waals surface area contributed by atoms with Crippen LogP contribution in [0, 0.1) is 0 Å². The standard InChI is InChI=1S/C16H12BrF3N2O2S/c1-2-24-15(23)13-7-21-14(25-13)12-6-9-10(17)4-3-5-11(9)22(12)8-16(18,19)20/h3-7H,2,8H2,1H3. The molecule has 1 aromatic carbocycles. The van der Waals surface area contributed by atoms with Crippen LogP contribution in [0.25, 0.3) is 21.6 Å². The molecule has 9 heteroatoms. The first-order chi connectivity index (χ1) is 11.8. The summed E-state index contributed by atoms with van der Waals surface area (Å²) >= 11 is 4.37. The van der Waals surface area contributed by atoms with E-state index in [-0.39, 0.29) is 11.5 Å². The lowest BCUT2D eigenvalue weighted by Crippen LogP contribution is -2.18. The first-order valence-corrected chi connectivity index (χ1v) is 8.89. The smallest absolute Gasteiger partial charge is 0.406 e. The van der Waals surface area contributed by atoms with Gasteiger partial charge in [0.05, 0.1) is 24.0 Å². The van der Waals surface area contributed by atoms with E-state index in [0.717, 1.165) is 15.9 Å². The van der Waals surface area contributed by atoms with Gasteiger partial charge in [-0.05, 0) is 25.1 Å². The van der Waals surface area contributed by atoms with Crippen molar-refractivity contribution < 1.29 is 22.7 Å². The second-order valence-electron chi connectivity index (χ2n) is 5.15. The summed E-state index contributed by atoms with van der Waals surface area (Å²) in [4.78, 5) is 16.2. The van der Waals surface area contributed by atoms with Crippen molar-refractivity contribution >= 4 is 44.1 Å². The Morgan fingerprint density at radius 2 is 2.16 bits per heavy atom. The molecule has 0 bridgehead atoms. The largest absolute Gasteiger partial charge is 0.462 e. The van der Waals surface area contributed by atoms with Gasteiger partial charge in [0.25, 0.3) is 0 Å². The fourth-order valence-electron chi connectivity index (χ4n) is 2.46. The molecule has 3 rings (SSSR count). The molecule has 0 amide bonds. The van der Waals surface area contributed by atoms with E-state index in [9.17, 15) is 18.0 Å². The number of nitrogens with zero attached hydrogens (tertiary/aromatic N) is 2. The minimum atomic E-state index is -4.38. The molecule has 3 aromatic rings. The molecule has 0 unspecified atom stereocenters. The molecule has 0 radical (unpaired) electrons. The number of carbonyl (C=O) groups is 1. The van der Waals surface area contributed by atoms with Crippen LogP contribution < -0.4 is 0 Å². The van der Waals surface area contributed by atoms with Crippen LogP contribution >= 0.6 is 27.3 Å². The van der Waals surface area contributed by atoms with E-state index in [1.165, 1.54) is 6.20 Å². The van der Waals surface area contributed by atoms with Crippen LogP contribution in [0.4, 0.5) is 13.2 Å². The zero-order valence-corrected chi connectivity index (χ0v) is 15.3. The van der Waals surface area contributed by atoms with Gasteiger partial charge < -0.3 is 9.30 Å². The summed E-state index contributed by atoms with van der Waals surface area (Å²) in [6, 6.07) is 6.69. The molecule has 2 aromatic heterocycles. The van der Waals surface area contributed by atoms with E-state index in [4.69, 9.17) is 4.74 Å². The molecular weight excluding hydrogens is 421 g/mol. The van der Waals surface area contributed by atoms with Crippen molar-refractivity contribution in [2.75, 3.05) is 6.61 Å². The van der Waals surface area contributed by atoms with Crippen LogP contribution in [0.15, 0.2) is 34.9 Å². The Morgan fingerprint density at radius 1 is 1.40 bits per heavy atom. The summed E-state index contributed by atoms with van der Waals surface area (Å²) in [5, 5.41) is 0.977. The quantitative estimate of drug-likeness (QED) is 0.527. The highest BCUT2D eigenvalue weighted by Gasteiger charge is 2.31. The summed E-state index contributed by atoms with van der Waals surface area (Å²) in [6.45, 7) is 0.753. The number of halogens is 4. The Bertz CT molecular complexity index is 933. The maximum Gasteiger partial charge on any atom is 0.406 e. The number of rotatable bonds is 4. The zero-order valence-electron chi connectivity index (χ0n) is 12.9. The lowest BCUT2D eigenvalue weighted by molar-refractivity contribution is -0.139. The van der Waals surface area contributed by atoms with E-state index in [1.54, 1.807) is 31.2 Å². The van der Waals surface area contributed by atoms with Gasteiger partial charge in [0.2, 0.25) is 0 Å². The van der Waals surface area contributed by atoms with Gasteiger partial charge in [0.1, 0.15) is 16.4 Å².